The van der Waals surface area contributed by atoms with Gasteiger partial charge in [0.05, 0.1) is 12.9 Å². The van der Waals surface area contributed by atoms with E-state index >= 15 is 0 Å². The second-order valence-electron chi connectivity index (χ2n) is 3.54. The molecule has 0 saturated carbocycles. The van der Waals surface area contributed by atoms with Crippen LogP contribution in [0.5, 0.6) is 0 Å². The van der Waals surface area contributed by atoms with Gasteiger partial charge in [0.15, 0.2) is 0 Å². The first-order valence-electron chi connectivity index (χ1n) is 5.27. The third-order valence-electron chi connectivity index (χ3n) is 2.42. The number of furan rings is 1. The van der Waals surface area contributed by atoms with Crippen molar-refractivity contribution in [2.75, 3.05) is 0 Å². The first-order valence-corrected chi connectivity index (χ1v) is 5.27. The molecule has 2 rings (SSSR count). The first kappa shape index (κ1) is 10.9. The molecule has 0 amide bonds. The number of ether oxygens (including phenoxy) is 1. The van der Waals surface area contributed by atoms with Crippen molar-refractivity contribution in [3.05, 3.63) is 59.5 Å². The zero-order chi connectivity index (χ0) is 11.2. The Hall–Kier alpha value is -1.58. The fourth-order valence-corrected chi connectivity index (χ4v) is 1.55. The predicted molar refractivity (Wildman–Crippen MR) is 61.5 cm³/mol. The van der Waals surface area contributed by atoms with Crippen LogP contribution in [0.25, 0.3) is 0 Å². The summed E-state index contributed by atoms with van der Waals surface area (Å²) in [5.41, 5.74) is 7.91. The zero-order valence-electron chi connectivity index (χ0n) is 9.06. The molecule has 0 atom stereocenters. The quantitative estimate of drug-likeness (QED) is 0.836. The Bertz CT molecular complexity index is 423. The molecule has 0 bridgehead atoms. The van der Waals surface area contributed by atoms with Gasteiger partial charge in [0.2, 0.25) is 0 Å². The summed E-state index contributed by atoms with van der Waals surface area (Å²) in [7, 11) is 0. The van der Waals surface area contributed by atoms with Crippen molar-refractivity contribution in [3.63, 3.8) is 0 Å². The maximum atomic E-state index is 5.64. The van der Waals surface area contributed by atoms with Crippen LogP contribution < -0.4 is 5.73 Å². The van der Waals surface area contributed by atoms with Gasteiger partial charge in [-0.25, -0.2) is 0 Å². The smallest absolute Gasteiger partial charge is 0.129 e. The van der Waals surface area contributed by atoms with Crippen molar-refractivity contribution in [2.24, 2.45) is 5.73 Å². The molecule has 1 aromatic heterocycles. The Morgan fingerprint density at radius 3 is 2.50 bits per heavy atom. The summed E-state index contributed by atoms with van der Waals surface area (Å²) in [6.45, 7) is 1.60. The average molecular weight is 217 g/mol. The normalized spacial score (nSPS) is 10.6. The van der Waals surface area contributed by atoms with E-state index in [-0.39, 0.29) is 0 Å². The van der Waals surface area contributed by atoms with Crippen LogP contribution in [0.15, 0.2) is 47.1 Å². The van der Waals surface area contributed by atoms with Crippen LogP contribution in [0.1, 0.15) is 16.9 Å². The van der Waals surface area contributed by atoms with Crippen LogP contribution in [0, 0.1) is 0 Å². The van der Waals surface area contributed by atoms with Crippen molar-refractivity contribution < 1.29 is 9.15 Å². The number of nitrogens with two attached hydrogens (primary N) is 1. The average Bonchev–Trinajstić information content (AvgIpc) is 2.83. The zero-order valence-corrected chi connectivity index (χ0v) is 9.06. The SMILES string of the molecule is NCc1ccccc1COCc1ccco1. The van der Waals surface area contributed by atoms with Crippen LogP contribution in [-0.4, -0.2) is 0 Å². The molecule has 2 N–H and O–H groups in total. The van der Waals surface area contributed by atoms with Gasteiger partial charge >= 0.3 is 0 Å². The molecular formula is C13H15NO2. The van der Waals surface area contributed by atoms with E-state index in [9.17, 15) is 0 Å². The monoisotopic (exact) mass is 217 g/mol. The summed E-state index contributed by atoms with van der Waals surface area (Å²) in [6.07, 6.45) is 1.65. The molecule has 0 fully saturated rings. The lowest BCUT2D eigenvalue weighted by Crippen LogP contribution is -2.03. The van der Waals surface area contributed by atoms with Crippen molar-refractivity contribution in [1.82, 2.24) is 0 Å². The highest BCUT2D eigenvalue weighted by Crippen LogP contribution is 2.11. The molecule has 1 heterocycles. The van der Waals surface area contributed by atoms with E-state index in [4.69, 9.17) is 14.9 Å². The Morgan fingerprint density at radius 1 is 1.00 bits per heavy atom. The molecule has 0 aliphatic heterocycles. The van der Waals surface area contributed by atoms with E-state index < -0.39 is 0 Å². The number of hydrogen-bond acceptors (Lipinski definition) is 3. The van der Waals surface area contributed by atoms with Crippen LogP contribution in [0.3, 0.4) is 0 Å². The van der Waals surface area contributed by atoms with Crippen LogP contribution in [0.2, 0.25) is 0 Å². The van der Waals surface area contributed by atoms with Crippen molar-refractivity contribution in [3.8, 4) is 0 Å². The number of rotatable bonds is 5. The summed E-state index contributed by atoms with van der Waals surface area (Å²) in [4.78, 5) is 0. The predicted octanol–water partition coefficient (Wildman–Crippen LogP) is 2.46. The fraction of sp³-hybridized carbons (Fsp3) is 0.231. The maximum Gasteiger partial charge on any atom is 0.129 e. The van der Waals surface area contributed by atoms with Crippen LogP contribution >= 0.6 is 0 Å². The van der Waals surface area contributed by atoms with Gasteiger partial charge in [0, 0.05) is 6.54 Å². The summed E-state index contributed by atoms with van der Waals surface area (Å²) in [5.74, 6) is 0.838. The standard InChI is InChI=1S/C13H15NO2/c14-8-11-4-1-2-5-12(11)9-15-10-13-6-3-7-16-13/h1-7H,8-10,14H2. The van der Waals surface area contributed by atoms with Gasteiger partial charge < -0.3 is 14.9 Å². The van der Waals surface area contributed by atoms with Gasteiger partial charge in [-0.05, 0) is 23.3 Å². The van der Waals surface area contributed by atoms with Gasteiger partial charge in [-0.3, -0.25) is 0 Å². The summed E-state index contributed by atoms with van der Waals surface area (Å²) in [5, 5.41) is 0. The molecule has 16 heavy (non-hydrogen) atoms. The van der Waals surface area contributed by atoms with Gasteiger partial charge in [-0.2, -0.15) is 0 Å². The molecule has 1 aromatic carbocycles. The van der Waals surface area contributed by atoms with Gasteiger partial charge in [0.1, 0.15) is 12.4 Å². The second kappa shape index (κ2) is 5.49. The maximum absolute atomic E-state index is 5.64. The third kappa shape index (κ3) is 2.72. The number of benzene rings is 1. The molecule has 2 aromatic rings. The molecule has 0 unspecified atom stereocenters. The Morgan fingerprint density at radius 2 is 1.81 bits per heavy atom. The highest BCUT2D eigenvalue weighted by atomic mass is 16.5. The Labute approximate surface area is 94.8 Å². The highest BCUT2D eigenvalue weighted by Gasteiger charge is 2.01. The van der Waals surface area contributed by atoms with Crippen LogP contribution in [-0.2, 0) is 24.5 Å². The Balaban J connectivity index is 1.89. The first-order chi connectivity index (χ1) is 7.90. The molecule has 0 aliphatic rings. The van der Waals surface area contributed by atoms with E-state index in [0.717, 1.165) is 16.9 Å². The summed E-state index contributed by atoms with van der Waals surface area (Å²) >= 11 is 0. The minimum absolute atomic E-state index is 0.492. The topological polar surface area (TPSA) is 48.4 Å². The van der Waals surface area contributed by atoms with E-state index in [1.165, 1.54) is 0 Å². The molecular weight excluding hydrogens is 202 g/mol. The molecule has 0 aliphatic carbocycles. The van der Waals surface area contributed by atoms with Crippen molar-refractivity contribution >= 4 is 0 Å². The van der Waals surface area contributed by atoms with E-state index in [1.807, 2.05) is 36.4 Å². The van der Waals surface area contributed by atoms with Crippen molar-refractivity contribution in [1.29, 1.82) is 0 Å². The molecule has 3 heteroatoms. The molecule has 0 spiro atoms. The summed E-state index contributed by atoms with van der Waals surface area (Å²) in [6, 6.07) is 11.8. The van der Waals surface area contributed by atoms with E-state index in [2.05, 4.69) is 0 Å². The fourth-order valence-electron chi connectivity index (χ4n) is 1.55. The summed E-state index contributed by atoms with van der Waals surface area (Å²) < 4.78 is 10.7. The van der Waals surface area contributed by atoms with E-state index in [0.29, 0.717) is 19.8 Å². The molecule has 84 valence electrons. The van der Waals surface area contributed by atoms with Gasteiger partial charge in [0.25, 0.3) is 0 Å². The lowest BCUT2D eigenvalue weighted by Gasteiger charge is -2.07. The van der Waals surface area contributed by atoms with Gasteiger partial charge in [-0.15, -0.1) is 0 Å². The Kier molecular flexibility index (Phi) is 3.75. The second-order valence-corrected chi connectivity index (χ2v) is 3.54. The molecule has 3 nitrogen and oxygen atoms in total. The lowest BCUT2D eigenvalue weighted by molar-refractivity contribution is 0.0924. The minimum atomic E-state index is 0.492. The van der Waals surface area contributed by atoms with Crippen LogP contribution in [0.4, 0.5) is 0 Å². The lowest BCUT2D eigenvalue weighted by atomic mass is 10.1. The van der Waals surface area contributed by atoms with Crippen molar-refractivity contribution in [2.45, 2.75) is 19.8 Å². The molecule has 0 saturated heterocycles. The van der Waals surface area contributed by atoms with E-state index in [1.54, 1.807) is 6.26 Å². The highest BCUT2D eigenvalue weighted by molar-refractivity contribution is 5.26. The largest absolute Gasteiger partial charge is 0.467 e. The third-order valence-corrected chi connectivity index (χ3v) is 2.42. The minimum Gasteiger partial charge on any atom is -0.467 e. The van der Waals surface area contributed by atoms with Gasteiger partial charge in [-0.1, -0.05) is 24.3 Å². The molecule has 0 radical (unpaired) electrons. The number of hydrogen-bond donors (Lipinski definition) is 1.